The highest BCUT2D eigenvalue weighted by Gasteiger charge is 2.52. The summed E-state index contributed by atoms with van der Waals surface area (Å²) in [6, 6.07) is 0. The Morgan fingerprint density at radius 3 is 2.40 bits per heavy atom. The molecule has 6 nitrogen and oxygen atoms in total. The average Bonchev–Trinajstić information content (AvgIpc) is 2.42. The second kappa shape index (κ2) is 3.22. The molecule has 81 valence electrons. The highest BCUT2D eigenvalue weighted by atomic mass is 16.6. The molecule has 0 bridgehead atoms. The van der Waals surface area contributed by atoms with E-state index >= 15 is 0 Å². The zero-order valence-corrected chi connectivity index (χ0v) is 8.36. The van der Waals surface area contributed by atoms with Crippen LogP contribution < -0.4 is 5.32 Å². The van der Waals surface area contributed by atoms with Crippen molar-refractivity contribution < 1.29 is 19.1 Å². The Hall–Kier alpha value is -1.59. The van der Waals surface area contributed by atoms with Gasteiger partial charge in [0, 0.05) is 32.9 Å². The predicted octanol–water partition coefficient (Wildman–Crippen LogP) is -0.351. The number of piperidine rings is 1. The minimum absolute atomic E-state index is 0.0291. The number of amides is 3. The molecule has 2 aliphatic rings. The lowest BCUT2D eigenvalue weighted by Crippen LogP contribution is -2.50. The van der Waals surface area contributed by atoms with Gasteiger partial charge in [0.15, 0.2) is 5.60 Å². The topological polar surface area (TPSA) is 77.8 Å². The molecule has 0 unspecified atom stereocenters. The summed E-state index contributed by atoms with van der Waals surface area (Å²) in [7, 11) is 0. The van der Waals surface area contributed by atoms with Crippen molar-refractivity contribution in [3.8, 4) is 0 Å². The van der Waals surface area contributed by atoms with E-state index in [0.29, 0.717) is 25.9 Å². The van der Waals surface area contributed by atoms with Gasteiger partial charge in [-0.05, 0) is 0 Å². The average molecular weight is 211 g/mol. The Bertz CT molecular complexity index is 331. The van der Waals surface area contributed by atoms with E-state index in [1.54, 1.807) is 4.90 Å². The van der Waals surface area contributed by atoms with Gasteiger partial charge in [0.2, 0.25) is 5.91 Å². The normalized spacial score (nSPS) is 23.9. The Labute approximate surface area is 86.6 Å². The fourth-order valence-corrected chi connectivity index (χ4v) is 1.92. The summed E-state index contributed by atoms with van der Waals surface area (Å²) in [6.45, 7) is 2.35. The monoisotopic (exact) mass is 211 g/mol. The van der Waals surface area contributed by atoms with Crippen molar-refractivity contribution >= 4 is 17.9 Å². The second-order valence-electron chi connectivity index (χ2n) is 3.79. The smallest absolute Gasteiger partial charge is 0.431 e. The highest BCUT2D eigenvalue weighted by molar-refractivity contribution is 6.02. The molecule has 2 heterocycles. The van der Waals surface area contributed by atoms with Crippen LogP contribution in [0.25, 0.3) is 0 Å². The highest BCUT2D eigenvalue weighted by Crippen LogP contribution is 2.30. The molecular formula is C9H11N2O4. The number of imide groups is 1. The van der Waals surface area contributed by atoms with E-state index in [1.807, 2.05) is 0 Å². The van der Waals surface area contributed by atoms with Gasteiger partial charge in [-0.25, -0.2) is 4.79 Å². The molecule has 0 aromatic carbocycles. The molecule has 3 amide bonds. The molecule has 0 aromatic rings. The van der Waals surface area contributed by atoms with Crippen LogP contribution in [0.1, 0.15) is 19.8 Å². The minimum Gasteiger partial charge on any atom is -0.431 e. The molecule has 0 aliphatic carbocycles. The maximum Gasteiger partial charge on any atom is 0.437 e. The van der Waals surface area contributed by atoms with Gasteiger partial charge in [0.1, 0.15) is 0 Å². The Morgan fingerprint density at radius 1 is 1.40 bits per heavy atom. The third-order valence-corrected chi connectivity index (χ3v) is 2.88. The summed E-state index contributed by atoms with van der Waals surface area (Å²) in [5.41, 5.74) is -1.08. The van der Waals surface area contributed by atoms with Crippen LogP contribution in [0.15, 0.2) is 0 Å². The second-order valence-corrected chi connectivity index (χ2v) is 3.79. The largest absolute Gasteiger partial charge is 0.437 e. The number of hydrogen-bond acceptors (Lipinski definition) is 4. The fourth-order valence-electron chi connectivity index (χ4n) is 1.92. The van der Waals surface area contributed by atoms with Gasteiger partial charge in [-0.15, -0.1) is 5.32 Å². The van der Waals surface area contributed by atoms with E-state index in [9.17, 15) is 14.4 Å². The first kappa shape index (κ1) is 9.95. The van der Waals surface area contributed by atoms with Crippen LogP contribution in [0.4, 0.5) is 4.79 Å². The summed E-state index contributed by atoms with van der Waals surface area (Å²) >= 11 is 0. The Balaban J connectivity index is 2.06. The maximum atomic E-state index is 11.4. The molecule has 0 aromatic heterocycles. The predicted molar refractivity (Wildman–Crippen MR) is 47.8 cm³/mol. The van der Waals surface area contributed by atoms with Crippen molar-refractivity contribution in [3.05, 3.63) is 0 Å². The maximum absolute atomic E-state index is 11.4. The molecule has 0 atom stereocenters. The van der Waals surface area contributed by atoms with Crippen LogP contribution in [-0.2, 0) is 14.3 Å². The van der Waals surface area contributed by atoms with E-state index in [4.69, 9.17) is 4.74 Å². The van der Waals surface area contributed by atoms with Gasteiger partial charge in [-0.2, -0.15) is 0 Å². The van der Waals surface area contributed by atoms with Crippen molar-refractivity contribution in [3.63, 3.8) is 0 Å². The van der Waals surface area contributed by atoms with Crippen LogP contribution >= 0.6 is 0 Å². The first-order chi connectivity index (χ1) is 7.03. The molecule has 2 fully saturated rings. The van der Waals surface area contributed by atoms with Crippen LogP contribution in [0, 0.1) is 0 Å². The van der Waals surface area contributed by atoms with Gasteiger partial charge < -0.3 is 9.64 Å². The lowest BCUT2D eigenvalue weighted by Gasteiger charge is -2.34. The summed E-state index contributed by atoms with van der Waals surface area (Å²) in [5.74, 6) is -0.533. The number of likely N-dealkylation sites (tertiary alicyclic amines) is 1. The molecule has 0 saturated carbocycles. The molecule has 1 spiro atoms. The molecule has 6 heteroatoms. The van der Waals surface area contributed by atoms with Gasteiger partial charge in [0.25, 0.3) is 5.91 Å². The lowest BCUT2D eigenvalue weighted by molar-refractivity contribution is -0.141. The number of nitrogens with zero attached hydrogens (tertiary/aromatic N) is 2. The van der Waals surface area contributed by atoms with Gasteiger partial charge in [0.05, 0.1) is 0 Å². The SMILES string of the molecule is CC(=O)N1CCC2(CC1)OC(=O)[N]C2=O. The van der Waals surface area contributed by atoms with E-state index in [1.165, 1.54) is 6.92 Å². The van der Waals surface area contributed by atoms with E-state index in [0.717, 1.165) is 0 Å². The van der Waals surface area contributed by atoms with Crippen molar-refractivity contribution in [1.82, 2.24) is 10.2 Å². The first-order valence-corrected chi connectivity index (χ1v) is 4.78. The zero-order valence-electron chi connectivity index (χ0n) is 8.36. The summed E-state index contributed by atoms with van der Waals surface area (Å²) in [4.78, 5) is 35.0. The summed E-state index contributed by atoms with van der Waals surface area (Å²) in [6.07, 6.45) is -0.113. The molecule has 1 radical (unpaired) electrons. The molecule has 15 heavy (non-hydrogen) atoms. The molecule has 2 rings (SSSR count). The van der Waals surface area contributed by atoms with E-state index in [-0.39, 0.29) is 5.91 Å². The van der Waals surface area contributed by atoms with Crippen molar-refractivity contribution in [1.29, 1.82) is 0 Å². The standard InChI is InChI=1S/C9H11N2O4/c1-6(12)11-4-2-9(3-5-11)7(13)10-8(14)15-9/h2-5H2,1H3. The summed E-state index contributed by atoms with van der Waals surface area (Å²) in [5, 5.41) is 3.23. The number of carbonyl (C=O) groups excluding carboxylic acids is 3. The van der Waals surface area contributed by atoms with Gasteiger partial charge >= 0.3 is 6.09 Å². The third kappa shape index (κ3) is 1.55. The summed E-state index contributed by atoms with van der Waals surface area (Å²) < 4.78 is 4.94. The van der Waals surface area contributed by atoms with Crippen LogP contribution in [0.2, 0.25) is 0 Å². The Kier molecular flexibility index (Phi) is 2.13. The van der Waals surface area contributed by atoms with E-state index < -0.39 is 17.6 Å². The quantitative estimate of drug-likeness (QED) is 0.548. The van der Waals surface area contributed by atoms with Crippen molar-refractivity contribution in [2.45, 2.75) is 25.4 Å². The minimum atomic E-state index is -1.08. The molecule has 2 saturated heterocycles. The number of rotatable bonds is 0. The fraction of sp³-hybridized carbons (Fsp3) is 0.667. The van der Waals surface area contributed by atoms with E-state index in [2.05, 4.69) is 5.32 Å². The Morgan fingerprint density at radius 2 is 2.00 bits per heavy atom. The van der Waals surface area contributed by atoms with Crippen molar-refractivity contribution in [2.75, 3.05) is 13.1 Å². The van der Waals surface area contributed by atoms with Crippen LogP contribution in [0.3, 0.4) is 0 Å². The first-order valence-electron chi connectivity index (χ1n) is 4.78. The molecular weight excluding hydrogens is 200 g/mol. The number of hydrogen-bond donors (Lipinski definition) is 0. The third-order valence-electron chi connectivity index (χ3n) is 2.88. The zero-order chi connectivity index (χ0) is 11.1. The van der Waals surface area contributed by atoms with Crippen LogP contribution in [-0.4, -0.2) is 41.5 Å². The molecule has 2 aliphatic heterocycles. The van der Waals surface area contributed by atoms with Crippen molar-refractivity contribution in [2.24, 2.45) is 0 Å². The lowest BCUT2D eigenvalue weighted by atomic mass is 9.91. The van der Waals surface area contributed by atoms with Crippen LogP contribution in [0.5, 0.6) is 0 Å². The van der Waals surface area contributed by atoms with Gasteiger partial charge in [-0.3, -0.25) is 9.59 Å². The number of ether oxygens (including phenoxy) is 1. The molecule has 0 N–H and O–H groups in total. The van der Waals surface area contributed by atoms with Gasteiger partial charge in [-0.1, -0.05) is 0 Å². The number of carbonyl (C=O) groups is 3.